The van der Waals surface area contributed by atoms with Gasteiger partial charge in [0, 0.05) is 6.92 Å². The molecule has 1 heterocycles. The molecule has 1 aliphatic rings. The summed E-state index contributed by atoms with van der Waals surface area (Å²) in [5, 5.41) is 14.1. The van der Waals surface area contributed by atoms with Crippen LogP contribution in [0.25, 0.3) is 0 Å². The predicted molar refractivity (Wildman–Crippen MR) is 135 cm³/mol. The van der Waals surface area contributed by atoms with E-state index in [0.29, 0.717) is 6.61 Å². The molecule has 0 aliphatic carbocycles. The smallest absolute Gasteiger partial charge is 0.217 e. The van der Waals surface area contributed by atoms with E-state index in [1.807, 2.05) is 91.0 Å². The van der Waals surface area contributed by atoms with Crippen molar-refractivity contribution in [3.05, 3.63) is 108 Å². The quantitative estimate of drug-likeness (QED) is 0.426. The average Bonchev–Trinajstić information content (AvgIpc) is 2.90. The number of aliphatic hydroxyl groups excluding tert-OH is 1. The van der Waals surface area contributed by atoms with Crippen molar-refractivity contribution in [3.63, 3.8) is 0 Å². The number of nitrogens with one attached hydrogen (secondary N) is 1. The van der Waals surface area contributed by atoms with E-state index in [-0.39, 0.29) is 25.7 Å². The molecular formula is C29H33NO6. The van der Waals surface area contributed by atoms with Crippen molar-refractivity contribution in [3.8, 4) is 0 Å². The highest BCUT2D eigenvalue weighted by Crippen LogP contribution is 2.27. The highest BCUT2D eigenvalue weighted by molar-refractivity contribution is 5.73. The lowest BCUT2D eigenvalue weighted by Crippen LogP contribution is -2.65. The van der Waals surface area contributed by atoms with Crippen LogP contribution < -0.4 is 5.32 Å². The molecule has 0 aromatic heterocycles. The average molecular weight is 492 g/mol. The first kappa shape index (κ1) is 26.0. The van der Waals surface area contributed by atoms with Gasteiger partial charge in [-0.3, -0.25) is 4.79 Å². The van der Waals surface area contributed by atoms with Crippen LogP contribution in [0.1, 0.15) is 23.6 Å². The number of benzene rings is 3. The minimum atomic E-state index is -1.04. The van der Waals surface area contributed by atoms with Crippen LogP contribution in [-0.2, 0) is 43.6 Å². The van der Waals surface area contributed by atoms with Crippen molar-refractivity contribution < 1.29 is 28.8 Å². The molecule has 0 radical (unpaired) electrons. The van der Waals surface area contributed by atoms with E-state index in [4.69, 9.17) is 18.9 Å². The normalized spacial score (nSPS) is 23.8. The van der Waals surface area contributed by atoms with Gasteiger partial charge in [-0.15, -0.1) is 0 Å². The molecule has 3 aromatic carbocycles. The number of carbonyl (C=O) groups excluding carboxylic acids is 1. The molecule has 1 fully saturated rings. The minimum absolute atomic E-state index is 0.138. The summed E-state index contributed by atoms with van der Waals surface area (Å²) in [7, 11) is 0. The second kappa shape index (κ2) is 13.3. The topological polar surface area (TPSA) is 86.3 Å². The molecule has 3 aromatic rings. The fourth-order valence-corrected chi connectivity index (χ4v) is 4.17. The van der Waals surface area contributed by atoms with Gasteiger partial charge in [-0.05, 0) is 16.7 Å². The molecule has 4 rings (SSSR count). The molecule has 190 valence electrons. The third-order valence-corrected chi connectivity index (χ3v) is 5.98. The molecule has 7 heteroatoms. The molecule has 36 heavy (non-hydrogen) atoms. The van der Waals surface area contributed by atoms with Crippen molar-refractivity contribution in [2.75, 3.05) is 6.61 Å². The maximum absolute atomic E-state index is 12.1. The lowest BCUT2D eigenvalue weighted by molar-refractivity contribution is -0.284. The maximum Gasteiger partial charge on any atom is 0.217 e. The Labute approximate surface area is 212 Å². The third-order valence-electron chi connectivity index (χ3n) is 5.98. The van der Waals surface area contributed by atoms with Crippen molar-refractivity contribution in [1.29, 1.82) is 0 Å². The molecule has 0 bridgehead atoms. The van der Waals surface area contributed by atoms with Gasteiger partial charge in [-0.25, -0.2) is 0 Å². The summed E-state index contributed by atoms with van der Waals surface area (Å²) in [6, 6.07) is 28.5. The van der Waals surface area contributed by atoms with Crippen molar-refractivity contribution in [2.24, 2.45) is 0 Å². The van der Waals surface area contributed by atoms with Crippen molar-refractivity contribution in [1.82, 2.24) is 5.32 Å². The van der Waals surface area contributed by atoms with Gasteiger partial charge in [0.1, 0.15) is 24.4 Å². The molecule has 0 saturated carbocycles. The minimum Gasteiger partial charge on any atom is -0.388 e. The number of carbonyl (C=O) groups is 1. The SMILES string of the molecule is CC(=O)N[C@@H]1[C@@H](OCc2ccccc2)OC(COCc2ccccc2)[C@@H](O)[C@@H]1OCc1ccccc1. The lowest BCUT2D eigenvalue weighted by atomic mass is 9.96. The zero-order valence-corrected chi connectivity index (χ0v) is 20.4. The molecule has 1 aliphatic heterocycles. The summed E-state index contributed by atoms with van der Waals surface area (Å²) in [5.74, 6) is -0.267. The summed E-state index contributed by atoms with van der Waals surface area (Å²) in [4.78, 5) is 12.1. The summed E-state index contributed by atoms with van der Waals surface area (Å²) >= 11 is 0. The fourth-order valence-electron chi connectivity index (χ4n) is 4.17. The van der Waals surface area contributed by atoms with Crippen molar-refractivity contribution in [2.45, 2.75) is 57.4 Å². The number of rotatable bonds is 11. The zero-order chi connectivity index (χ0) is 25.2. The number of amides is 1. The van der Waals surface area contributed by atoms with Crippen molar-refractivity contribution >= 4 is 5.91 Å². The Hall–Kier alpha value is -3.07. The zero-order valence-electron chi connectivity index (χ0n) is 20.4. The van der Waals surface area contributed by atoms with E-state index in [2.05, 4.69) is 5.32 Å². The second-order valence-corrected chi connectivity index (χ2v) is 8.82. The third kappa shape index (κ3) is 7.46. The van der Waals surface area contributed by atoms with Gasteiger partial charge >= 0.3 is 0 Å². The van der Waals surface area contributed by atoms with Crippen LogP contribution in [0.15, 0.2) is 91.0 Å². The second-order valence-electron chi connectivity index (χ2n) is 8.82. The van der Waals surface area contributed by atoms with E-state index in [0.717, 1.165) is 16.7 Å². The predicted octanol–water partition coefficient (Wildman–Crippen LogP) is 3.60. The summed E-state index contributed by atoms with van der Waals surface area (Å²) in [6.07, 6.45) is -3.37. The van der Waals surface area contributed by atoms with Crippen LogP contribution in [0.3, 0.4) is 0 Å². The van der Waals surface area contributed by atoms with Gasteiger partial charge in [-0.2, -0.15) is 0 Å². The molecule has 2 N–H and O–H groups in total. The Morgan fingerprint density at radius 1 is 0.806 bits per heavy atom. The van der Waals surface area contributed by atoms with E-state index in [9.17, 15) is 9.90 Å². The van der Waals surface area contributed by atoms with Crippen LogP contribution >= 0.6 is 0 Å². The van der Waals surface area contributed by atoms with Gasteiger partial charge in [0.2, 0.25) is 5.91 Å². The largest absolute Gasteiger partial charge is 0.388 e. The van der Waals surface area contributed by atoms with Crippen LogP contribution in [0.5, 0.6) is 0 Å². The molecule has 1 unspecified atom stereocenters. The highest BCUT2D eigenvalue weighted by Gasteiger charge is 2.47. The highest BCUT2D eigenvalue weighted by atomic mass is 16.7. The van der Waals surface area contributed by atoms with E-state index >= 15 is 0 Å². The van der Waals surface area contributed by atoms with Gasteiger partial charge in [0.05, 0.1) is 26.4 Å². The van der Waals surface area contributed by atoms with Crippen LogP contribution in [-0.4, -0.2) is 48.3 Å². The van der Waals surface area contributed by atoms with Crippen LogP contribution in [0.2, 0.25) is 0 Å². The van der Waals surface area contributed by atoms with Crippen LogP contribution in [0, 0.1) is 0 Å². The standard InChI is InChI=1S/C29H33NO6/c1-21(31)30-26-28(34-18-23-13-7-3-8-14-23)27(32)25(20-33-17-22-11-5-2-6-12-22)36-29(26)35-19-24-15-9-4-10-16-24/h2-16,25-29,32H,17-20H2,1H3,(H,30,31)/t25?,26-,27+,28+,29-/m0/s1. The van der Waals surface area contributed by atoms with Gasteiger partial charge in [-0.1, -0.05) is 91.0 Å². The molecule has 5 atom stereocenters. The first-order valence-electron chi connectivity index (χ1n) is 12.1. The first-order chi connectivity index (χ1) is 17.6. The number of aliphatic hydroxyl groups is 1. The lowest BCUT2D eigenvalue weighted by Gasteiger charge is -2.44. The van der Waals surface area contributed by atoms with E-state index in [1.54, 1.807) is 0 Å². The summed E-state index contributed by atoms with van der Waals surface area (Å²) in [6.45, 7) is 2.49. The molecule has 1 saturated heterocycles. The Morgan fingerprint density at radius 2 is 1.31 bits per heavy atom. The number of hydrogen-bond donors (Lipinski definition) is 2. The Balaban J connectivity index is 1.49. The number of hydrogen-bond acceptors (Lipinski definition) is 6. The van der Waals surface area contributed by atoms with E-state index < -0.39 is 30.6 Å². The fraction of sp³-hybridized carbons (Fsp3) is 0.345. The monoisotopic (exact) mass is 491 g/mol. The Kier molecular flexibility index (Phi) is 9.61. The Bertz CT molecular complexity index is 1050. The summed E-state index contributed by atoms with van der Waals surface area (Å²) < 4.78 is 24.4. The van der Waals surface area contributed by atoms with Gasteiger partial charge in [0.25, 0.3) is 0 Å². The Morgan fingerprint density at radius 3 is 1.83 bits per heavy atom. The molecule has 0 spiro atoms. The summed E-state index contributed by atoms with van der Waals surface area (Å²) in [5.41, 5.74) is 2.94. The molecular weight excluding hydrogens is 458 g/mol. The van der Waals surface area contributed by atoms with Gasteiger partial charge < -0.3 is 29.4 Å². The molecule has 7 nitrogen and oxygen atoms in total. The van der Waals surface area contributed by atoms with E-state index in [1.165, 1.54) is 6.92 Å². The van der Waals surface area contributed by atoms with Crippen LogP contribution in [0.4, 0.5) is 0 Å². The number of ether oxygens (including phenoxy) is 4. The molecule has 1 amide bonds. The van der Waals surface area contributed by atoms with Gasteiger partial charge in [0.15, 0.2) is 6.29 Å². The maximum atomic E-state index is 12.1. The first-order valence-corrected chi connectivity index (χ1v) is 12.1.